The van der Waals surface area contributed by atoms with Crippen LogP contribution in [0.5, 0.6) is 0 Å². The standard InChI is InChI=1S/C11H14N4OS2/c1-7(6-8-4-3-5-17-8)13-9(16)10-14-15-11(12-2)18-10/h3-5,7H,6H2,1-2H3,(H,12,15)(H,13,16). The number of rotatable bonds is 5. The summed E-state index contributed by atoms with van der Waals surface area (Å²) in [5.41, 5.74) is 0. The van der Waals surface area contributed by atoms with Crippen LogP contribution in [0.1, 0.15) is 21.6 Å². The topological polar surface area (TPSA) is 66.9 Å². The summed E-state index contributed by atoms with van der Waals surface area (Å²) in [7, 11) is 1.75. The predicted octanol–water partition coefficient (Wildman–Crippen LogP) is 2.00. The van der Waals surface area contributed by atoms with E-state index in [1.807, 2.05) is 18.4 Å². The van der Waals surface area contributed by atoms with Crippen molar-refractivity contribution in [1.29, 1.82) is 0 Å². The Bertz CT molecular complexity index is 509. The molecule has 2 heterocycles. The van der Waals surface area contributed by atoms with Gasteiger partial charge in [0.05, 0.1) is 0 Å². The molecule has 1 unspecified atom stereocenters. The predicted molar refractivity (Wildman–Crippen MR) is 74.4 cm³/mol. The lowest BCUT2D eigenvalue weighted by Gasteiger charge is -2.11. The average molecular weight is 282 g/mol. The van der Waals surface area contributed by atoms with Gasteiger partial charge >= 0.3 is 0 Å². The summed E-state index contributed by atoms with van der Waals surface area (Å²) in [6.07, 6.45) is 0.834. The number of nitrogens with one attached hydrogen (secondary N) is 2. The number of aromatic nitrogens is 2. The molecule has 2 rings (SSSR count). The van der Waals surface area contributed by atoms with E-state index < -0.39 is 0 Å². The van der Waals surface area contributed by atoms with Crippen LogP contribution in [0.15, 0.2) is 17.5 Å². The van der Waals surface area contributed by atoms with E-state index in [0.29, 0.717) is 10.1 Å². The number of nitrogens with zero attached hydrogens (tertiary/aromatic N) is 2. The molecule has 0 aliphatic carbocycles. The Morgan fingerprint density at radius 1 is 1.50 bits per heavy atom. The van der Waals surface area contributed by atoms with E-state index in [-0.39, 0.29) is 11.9 Å². The molecule has 1 atom stereocenters. The molecule has 2 aromatic rings. The molecule has 0 saturated carbocycles. The number of thiophene rings is 1. The molecule has 7 heteroatoms. The van der Waals surface area contributed by atoms with Crippen molar-refractivity contribution in [3.8, 4) is 0 Å². The monoisotopic (exact) mass is 282 g/mol. The minimum absolute atomic E-state index is 0.0816. The summed E-state index contributed by atoms with van der Waals surface area (Å²) in [4.78, 5) is 13.1. The van der Waals surface area contributed by atoms with Crippen LogP contribution >= 0.6 is 22.7 Å². The van der Waals surface area contributed by atoms with Gasteiger partial charge in [-0.2, -0.15) is 0 Å². The maximum absolute atomic E-state index is 11.9. The van der Waals surface area contributed by atoms with Gasteiger partial charge < -0.3 is 10.6 Å². The highest BCUT2D eigenvalue weighted by Crippen LogP contribution is 2.15. The third-order valence-electron chi connectivity index (χ3n) is 2.30. The molecular formula is C11H14N4OS2. The normalized spacial score (nSPS) is 12.1. The van der Waals surface area contributed by atoms with Gasteiger partial charge in [-0.25, -0.2) is 0 Å². The Labute approximate surface area is 113 Å². The van der Waals surface area contributed by atoms with Crippen molar-refractivity contribution in [2.45, 2.75) is 19.4 Å². The first-order chi connectivity index (χ1) is 8.69. The fourth-order valence-corrected chi connectivity index (χ4v) is 2.92. The fraction of sp³-hybridized carbons (Fsp3) is 0.364. The minimum Gasteiger partial charge on any atom is -0.363 e. The zero-order valence-electron chi connectivity index (χ0n) is 10.1. The summed E-state index contributed by atoms with van der Waals surface area (Å²) < 4.78 is 0. The molecule has 0 spiro atoms. The van der Waals surface area contributed by atoms with E-state index in [4.69, 9.17) is 0 Å². The largest absolute Gasteiger partial charge is 0.363 e. The molecule has 96 valence electrons. The molecule has 18 heavy (non-hydrogen) atoms. The van der Waals surface area contributed by atoms with Gasteiger partial charge in [-0.1, -0.05) is 17.4 Å². The zero-order valence-corrected chi connectivity index (χ0v) is 11.8. The van der Waals surface area contributed by atoms with Gasteiger partial charge in [0.25, 0.3) is 5.91 Å². The second-order valence-electron chi connectivity index (χ2n) is 3.82. The summed E-state index contributed by atoms with van der Waals surface area (Å²) >= 11 is 2.94. The minimum atomic E-state index is -0.168. The molecule has 5 nitrogen and oxygen atoms in total. The highest BCUT2D eigenvalue weighted by atomic mass is 32.1. The first-order valence-electron chi connectivity index (χ1n) is 5.53. The van der Waals surface area contributed by atoms with Crippen molar-refractivity contribution in [2.75, 3.05) is 12.4 Å². The Balaban J connectivity index is 1.90. The number of anilines is 1. The Morgan fingerprint density at radius 2 is 2.33 bits per heavy atom. The molecule has 2 aromatic heterocycles. The summed E-state index contributed by atoms with van der Waals surface area (Å²) in [5.74, 6) is -0.168. The lowest BCUT2D eigenvalue weighted by molar-refractivity contribution is 0.0939. The third-order valence-corrected chi connectivity index (χ3v) is 4.14. The van der Waals surface area contributed by atoms with Crippen LogP contribution in [0.4, 0.5) is 5.13 Å². The molecule has 0 radical (unpaired) electrons. The lowest BCUT2D eigenvalue weighted by atomic mass is 10.2. The van der Waals surface area contributed by atoms with Crippen molar-refractivity contribution < 1.29 is 4.79 Å². The van der Waals surface area contributed by atoms with Crippen LogP contribution < -0.4 is 10.6 Å². The van der Waals surface area contributed by atoms with Crippen LogP contribution in [0.25, 0.3) is 0 Å². The first kappa shape index (κ1) is 13.0. The summed E-state index contributed by atoms with van der Waals surface area (Å²) in [6.45, 7) is 1.98. The van der Waals surface area contributed by atoms with E-state index in [0.717, 1.165) is 6.42 Å². The first-order valence-corrected chi connectivity index (χ1v) is 7.23. The Hall–Kier alpha value is -1.47. The van der Waals surface area contributed by atoms with Crippen LogP contribution in [0.2, 0.25) is 0 Å². The second kappa shape index (κ2) is 5.92. The van der Waals surface area contributed by atoms with E-state index in [2.05, 4.69) is 26.9 Å². The van der Waals surface area contributed by atoms with Crippen molar-refractivity contribution in [2.24, 2.45) is 0 Å². The third kappa shape index (κ3) is 3.27. The summed E-state index contributed by atoms with van der Waals surface area (Å²) in [6, 6.07) is 4.16. The molecular weight excluding hydrogens is 268 g/mol. The van der Waals surface area contributed by atoms with Crippen molar-refractivity contribution in [1.82, 2.24) is 15.5 Å². The Morgan fingerprint density at radius 3 is 2.94 bits per heavy atom. The average Bonchev–Trinajstić information content (AvgIpc) is 2.98. The maximum atomic E-state index is 11.9. The van der Waals surface area contributed by atoms with E-state index >= 15 is 0 Å². The van der Waals surface area contributed by atoms with Crippen LogP contribution in [0.3, 0.4) is 0 Å². The molecule has 0 bridgehead atoms. The maximum Gasteiger partial charge on any atom is 0.282 e. The number of amides is 1. The molecule has 2 N–H and O–H groups in total. The summed E-state index contributed by atoms with van der Waals surface area (Å²) in [5, 5.41) is 16.5. The van der Waals surface area contributed by atoms with Gasteiger partial charge in [0.1, 0.15) is 0 Å². The van der Waals surface area contributed by atoms with Crippen molar-refractivity contribution >= 4 is 33.7 Å². The van der Waals surface area contributed by atoms with Gasteiger partial charge in [0, 0.05) is 24.4 Å². The Kier molecular flexibility index (Phi) is 4.27. The number of hydrogen-bond acceptors (Lipinski definition) is 6. The number of hydrogen-bond donors (Lipinski definition) is 2. The van der Waals surface area contributed by atoms with Crippen molar-refractivity contribution in [3.05, 3.63) is 27.4 Å². The van der Waals surface area contributed by atoms with Gasteiger partial charge in [-0.05, 0) is 18.4 Å². The van der Waals surface area contributed by atoms with Crippen molar-refractivity contribution in [3.63, 3.8) is 0 Å². The van der Waals surface area contributed by atoms with Crippen LogP contribution in [-0.4, -0.2) is 29.2 Å². The number of carbonyl (C=O) groups is 1. The van der Waals surface area contributed by atoms with E-state index in [1.54, 1.807) is 18.4 Å². The van der Waals surface area contributed by atoms with Gasteiger partial charge in [0.2, 0.25) is 10.1 Å². The molecule has 1 amide bonds. The van der Waals surface area contributed by atoms with Crippen LogP contribution in [-0.2, 0) is 6.42 Å². The fourth-order valence-electron chi connectivity index (χ4n) is 1.48. The zero-order chi connectivity index (χ0) is 13.0. The molecule has 0 aliphatic heterocycles. The van der Waals surface area contributed by atoms with E-state index in [1.165, 1.54) is 16.2 Å². The second-order valence-corrected chi connectivity index (χ2v) is 5.83. The quantitative estimate of drug-likeness (QED) is 0.880. The number of carbonyl (C=O) groups excluding carboxylic acids is 1. The van der Waals surface area contributed by atoms with E-state index in [9.17, 15) is 4.79 Å². The van der Waals surface area contributed by atoms with Crippen LogP contribution in [0, 0.1) is 0 Å². The molecule has 0 fully saturated rings. The SMILES string of the molecule is CNc1nnc(C(=O)NC(C)Cc2cccs2)s1. The highest BCUT2D eigenvalue weighted by Gasteiger charge is 2.15. The molecule has 0 saturated heterocycles. The smallest absolute Gasteiger partial charge is 0.282 e. The van der Waals surface area contributed by atoms with Gasteiger partial charge in [-0.3, -0.25) is 4.79 Å². The highest BCUT2D eigenvalue weighted by molar-refractivity contribution is 7.17. The van der Waals surface area contributed by atoms with Gasteiger partial charge in [0.15, 0.2) is 0 Å². The molecule has 0 aromatic carbocycles. The lowest BCUT2D eigenvalue weighted by Crippen LogP contribution is -2.33. The van der Waals surface area contributed by atoms with Gasteiger partial charge in [-0.15, -0.1) is 21.5 Å². The molecule has 0 aliphatic rings.